The van der Waals surface area contributed by atoms with Gasteiger partial charge in [-0.1, -0.05) is 29.8 Å². The second-order valence-electron chi connectivity index (χ2n) is 9.99. The molecule has 6 rings (SSSR count). The number of rotatable bonds is 8. The van der Waals surface area contributed by atoms with Crippen LogP contribution >= 0.6 is 0 Å². The Morgan fingerprint density at radius 1 is 0.884 bits per heavy atom. The summed E-state index contributed by atoms with van der Waals surface area (Å²) >= 11 is 0. The van der Waals surface area contributed by atoms with Crippen molar-refractivity contribution in [2.45, 2.75) is 20.4 Å². The number of fused-ring (bicyclic) bond motifs is 2. The van der Waals surface area contributed by atoms with Crippen LogP contribution in [0.25, 0.3) is 32.9 Å². The Hall–Kier alpha value is -5.44. The summed E-state index contributed by atoms with van der Waals surface area (Å²) in [5.74, 6) is 1.21. The normalized spacial score (nSPS) is 11.1. The van der Waals surface area contributed by atoms with E-state index in [1.165, 1.54) is 19.2 Å². The van der Waals surface area contributed by atoms with Gasteiger partial charge in [-0.3, -0.25) is 9.78 Å². The Kier molecular flexibility index (Phi) is 7.38. The summed E-state index contributed by atoms with van der Waals surface area (Å²) in [6.07, 6.45) is 5.09. The molecule has 3 heterocycles. The summed E-state index contributed by atoms with van der Waals surface area (Å²) in [7, 11) is 3.09. The second-order valence-corrected chi connectivity index (χ2v) is 9.99. The van der Waals surface area contributed by atoms with Gasteiger partial charge in [-0.25, -0.2) is 9.37 Å². The Bertz CT molecular complexity index is 2060. The van der Waals surface area contributed by atoms with Crippen LogP contribution in [0.3, 0.4) is 0 Å². The van der Waals surface area contributed by atoms with E-state index in [0.717, 1.165) is 16.6 Å². The van der Waals surface area contributed by atoms with E-state index in [9.17, 15) is 4.79 Å². The number of benzene rings is 3. The number of aromatic nitrogens is 3. The molecule has 0 aliphatic rings. The van der Waals surface area contributed by atoms with E-state index < -0.39 is 5.82 Å². The standard InChI is InChI=1S/C34H29FN4O4/c1-5-39-19-24(21-8-6-7-20(2)15-21)33(40)32-27(39)11-13-37-34(32)38-22-9-10-29(25(35)16-22)43-28-12-14-36-26-18-31(42-4)30(41-3)17-23(26)28/h6-19H,5H2,1-4H3,(H,37,38). The van der Waals surface area contributed by atoms with Gasteiger partial charge in [0.25, 0.3) is 0 Å². The van der Waals surface area contributed by atoms with Crippen LogP contribution < -0.4 is 25.0 Å². The fourth-order valence-electron chi connectivity index (χ4n) is 5.16. The van der Waals surface area contributed by atoms with Crippen molar-refractivity contribution in [3.8, 4) is 34.1 Å². The van der Waals surface area contributed by atoms with Crippen LogP contribution in [-0.2, 0) is 6.54 Å². The van der Waals surface area contributed by atoms with Crippen LogP contribution in [0.5, 0.6) is 23.0 Å². The summed E-state index contributed by atoms with van der Waals surface area (Å²) < 4.78 is 34.2. The fraction of sp³-hybridized carbons (Fsp3) is 0.147. The molecule has 0 saturated heterocycles. The van der Waals surface area contributed by atoms with Crippen molar-refractivity contribution < 1.29 is 18.6 Å². The number of hydrogen-bond donors (Lipinski definition) is 1. The molecule has 0 aliphatic heterocycles. The number of methoxy groups -OCH3 is 2. The van der Waals surface area contributed by atoms with E-state index in [1.807, 2.05) is 54.9 Å². The van der Waals surface area contributed by atoms with Gasteiger partial charge in [0.2, 0.25) is 5.43 Å². The van der Waals surface area contributed by atoms with Crippen LogP contribution in [0.2, 0.25) is 0 Å². The Labute approximate surface area is 247 Å². The predicted molar refractivity (Wildman–Crippen MR) is 166 cm³/mol. The van der Waals surface area contributed by atoms with Gasteiger partial charge < -0.3 is 24.1 Å². The molecule has 0 unspecified atom stereocenters. The van der Waals surface area contributed by atoms with Crippen molar-refractivity contribution in [3.63, 3.8) is 0 Å². The minimum Gasteiger partial charge on any atom is -0.493 e. The molecule has 3 aromatic heterocycles. The molecule has 0 fully saturated rings. The number of aryl methyl sites for hydroxylation is 2. The van der Waals surface area contributed by atoms with E-state index in [2.05, 4.69) is 15.3 Å². The highest BCUT2D eigenvalue weighted by Gasteiger charge is 2.17. The maximum Gasteiger partial charge on any atom is 0.200 e. The molecule has 0 amide bonds. The lowest BCUT2D eigenvalue weighted by Crippen LogP contribution is -2.14. The topological polar surface area (TPSA) is 87.5 Å². The van der Waals surface area contributed by atoms with E-state index >= 15 is 4.39 Å². The van der Waals surface area contributed by atoms with Gasteiger partial charge in [0.1, 0.15) is 11.6 Å². The summed E-state index contributed by atoms with van der Waals surface area (Å²) in [5, 5.41) is 4.22. The van der Waals surface area contributed by atoms with Crippen molar-refractivity contribution >= 4 is 33.3 Å². The highest BCUT2D eigenvalue weighted by molar-refractivity contribution is 5.94. The van der Waals surface area contributed by atoms with Crippen LogP contribution in [-0.4, -0.2) is 28.8 Å². The highest BCUT2D eigenvalue weighted by atomic mass is 19.1. The molecule has 9 heteroatoms. The zero-order valence-electron chi connectivity index (χ0n) is 24.1. The third kappa shape index (κ3) is 5.21. The first-order chi connectivity index (χ1) is 20.9. The monoisotopic (exact) mass is 576 g/mol. The molecule has 8 nitrogen and oxygen atoms in total. The van der Waals surface area contributed by atoms with Crippen molar-refractivity contribution in [1.82, 2.24) is 14.5 Å². The molecule has 0 atom stereocenters. The first-order valence-electron chi connectivity index (χ1n) is 13.7. The first-order valence-corrected chi connectivity index (χ1v) is 13.7. The molecule has 0 aliphatic carbocycles. The Morgan fingerprint density at radius 2 is 1.67 bits per heavy atom. The van der Waals surface area contributed by atoms with Crippen molar-refractivity contribution in [2.75, 3.05) is 19.5 Å². The quantitative estimate of drug-likeness (QED) is 0.199. The molecule has 0 radical (unpaired) electrons. The zero-order chi connectivity index (χ0) is 30.1. The van der Waals surface area contributed by atoms with Crippen LogP contribution in [0.15, 0.2) is 90.1 Å². The van der Waals surface area contributed by atoms with Crippen LogP contribution in [0.4, 0.5) is 15.9 Å². The number of ether oxygens (including phenoxy) is 3. The second kappa shape index (κ2) is 11.4. The number of nitrogens with one attached hydrogen (secondary N) is 1. The summed E-state index contributed by atoms with van der Waals surface area (Å²) in [6.45, 7) is 4.66. The number of pyridine rings is 3. The largest absolute Gasteiger partial charge is 0.493 e. The third-order valence-electron chi connectivity index (χ3n) is 7.29. The van der Waals surface area contributed by atoms with Crippen molar-refractivity contribution in [1.29, 1.82) is 0 Å². The van der Waals surface area contributed by atoms with E-state index in [0.29, 0.717) is 57.2 Å². The molecular weight excluding hydrogens is 547 g/mol. The van der Waals surface area contributed by atoms with Crippen LogP contribution in [0, 0.1) is 12.7 Å². The van der Waals surface area contributed by atoms with Gasteiger partial charge >= 0.3 is 0 Å². The number of halogens is 1. The number of nitrogens with zero attached hydrogens (tertiary/aromatic N) is 3. The lowest BCUT2D eigenvalue weighted by atomic mass is 10.0. The predicted octanol–water partition coefficient (Wildman–Crippen LogP) is 7.63. The van der Waals surface area contributed by atoms with Crippen molar-refractivity contribution in [2.24, 2.45) is 0 Å². The minimum atomic E-state index is -0.595. The lowest BCUT2D eigenvalue weighted by molar-refractivity contribution is 0.355. The molecule has 1 N–H and O–H groups in total. The van der Waals surface area contributed by atoms with Gasteiger partial charge in [-0.05, 0) is 49.7 Å². The number of anilines is 2. The fourth-order valence-corrected chi connectivity index (χ4v) is 5.16. The van der Waals surface area contributed by atoms with E-state index in [-0.39, 0.29) is 11.2 Å². The van der Waals surface area contributed by atoms with Crippen molar-refractivity contribution in [3.05, 3.63) is 107 Å². The van der Waals surface area contributed by atoms with E-state index in [1.54, 1.807) is 43.8 Å². The summed E-state index contributed by atoms with van der Waals surface area (Å²) in [6, 6.07) is 19.3. The van der Waals surface area contributed by atoms with Gasteiger partial charge in [0, 0.05) is 53.9 Å². The average molecular weight is 577 g/mol. The molecule has 0 spiro atoms. The molecule has 3 aromatic carbocycles. The van der Waals surface area contributed by atoms with Gasteiger partial charge in [-0.15, -0.1) is 0 Å². The van der Waals surface area contributed by atoms with Crippen LogP contribution in [0.1, 0.15) is 12.5 Å². The average Bonchev–Trinajstić information content (AvgIpc) is 3.02. The van der Waals surface area contributed by atoms with E-state index in [4.69, 9.17) is 14.2 Å². The Balaban J connectivity index is 1.36. The van der Waals surface area contributed by atoms with Gasteiger partial charge in [0.15, 0.2) is 23.1 Å². The maximum atomic E-state index is 15.4. The maximum absolute atomic E-state index is 15.4. The van der Waals surface area contributed by atoms with Gasteiger partial charge in [0.05, 0.1) is 30.6 Å². The summed E-state index contributed by atoms with van der Waals surface area (Å²) in [4.78, 5) is 22.7. The molecule has 216 valence electrons. The minimum absolute atomic E-state index is 0.0220. The molecule has 43 heavy (non-hydrogen) atoms. The molecule has 0 saturated carbocycles. The number of hydrogen-bond acceptors (Lipinski definition) is 7. The lowest BCUT2D eigenvalue weighted by Gasteiger charge is -2.16. The molecule has 6 aromatic rings. The van der Waals surface area contributed by atoms with Gasteiger partial charge in [-0.2, -0.15) is 0 Å². The Morgan fingerprint density at radius 3 is 2.42 bits per heavy atom. The third-order valence-corrected chi connectivity index (χ3v) is 7.29. The highest BCUT2D eigenvalue weighted by Crippen LogP contribution is 2.38. The zero-order valence-corrected chi connectivity index (χ0v) is 24.1. The first kappa shape index (κ1) is 27.7. The molecular formula is C34H29FN4O4. The summed E-state index contributed by atoms with van der Waals surface area (Å²) in [5.41, 5.74) is 4.06. The smallest absolute Gasteiger partial charge is 0.200 e. The SMILES string of the molecule is CCn1cc(-c2cccc(C)c2)c(=O)c2c(Nc3ccc(Oc4ccnc5cc(OC)c(OC)cc45)c(F)c3)nccc21. The molecule has 0 bridgehead atoms.